The second-order valence-electron chi connectivity index (χ2n) is 4.79. The van der Waals surface area contributed by atoms with Gasteiger partial charge in [0.15, 0.2) is 0 Å². The van der Waals surface area contributed by atoms with Crippen molar-refractivity contribution < 1.29 is 0 Å². The van der Waals surface area contributed by atoms with E-state index in [1.165, 1.54) is 12.8 Å². The van der Waals surface area contributed by atoms with Crippen molar-refractivity contribution in [2.45, 2.75) is 39.8 Å². The Labute approximate surface area is 69.5 Å². The fourth-order valence-corrected chi connectivity index (χ4v) is 1.80. The molecule has 11 heavy (non-hydrogen) atoms. The van der Waals surface area contributed by atoms with Crippen LogP contribution < -0.4 is 11.1 Å². The standard InChI is InChI=1S/C9H20N2/c1-9(2,3)6-7-4-5-11-8(7)10/h7-8,11H,4-6,10H2,1-3H3. The highest BCUT2D eigenvalue weighted by molar-refractivity contribution is 4.82. The lowest BCUT2D eigenvalue weighted by Gasteiger charge is -2.24. The minimum atomic E-state index is 0.245. The van der Waals surface area contributed by atoms with Gasteiger partial charge in [-0.3, -0.25) is 0 Å². The highest BCUT2D eigenvalue weighted by Crippen LogP contribution is 2.29. The van der Waals surface area contributed by atoms with Gasteiger partial charge in [0.05, 0.1) is 6.17 Å². The molecule has 0 bridgehead atoms. The zero-order valence-corrected chi connectivity index (χ0v) is 7.85. The molecule has 66 valence electrons. The lowest BCUT2D eigenvalue weighted by molar-refractivity contribution is 0.276. The Balaban J connectivity index is 2.37. The Bertz CT molecular complexity index is 126. The summed E-state index contributed by atoms with van der Waals surface area (Å²) in [5.74, 6) is 0.690. The smallest absolute Gasteiger partial charge is 0.0576 e. The van der Waals surface area contributed by atoms with E-state index in [1.54, 1.807) is 0 Å². The molecule has 0 aliphatic carbocycles. The molecule has 0 aromatic rings. The van der Waals surface area contributed by atoms with Gasteiger partial charge in [0.1, 0.15) is 0 Å². The van der Waals surface area contributed by atoms with E-state index in [0.717, 1.165) is 6.54 Å². The summed E-state index contributed by atoms with van der Waals surface area (Å²) in [5, 5.41) is 3.27. The Morgan fingerprint density at radius 1 is 1.45 bits per heavy atom. The van der Waals surface area contributed by atoms with Crippen molar-refractivity contribution in [3.63, 3.8) is 0 Å². The normalized spacial score (nSPS) is 32.7. The van der Waals surface area contributed by atoms with Crippen LogP contribution >= 0.6 is 0 Å². The molecule has 2 unspecified atom stereocenters. The summed E-state index contributed by atoms with van der Waals surface area (Å²) in [6.45, 7) is 7.93. The van der Waals surface area contributed by atoms with E-state index in [-0.39, 0.29) is 6.17 Å². The van der Waals surface area contributed by atoms with Crippen molar-refractivity contribution in [2.75, 3.05) is 6.54 Å². The number of rotatable bonds is 1. The van der Waals surface area contributed by atoms with E-state index in [9.17, 15) is 0 Å². The molecule has 0 aromatic heterocycles. The highest BCUT2D eigenvalue weighted by atomic mass is 15.1. The molecule has 2 nitrogen and oxygen atoms in total. The van der Waals surface area contributed by atoms with Gasteiger partial charge in [0.2, 0.25) is 0 Å². The summed E-state index contributed by atoms with van der Waals surface area (Å²) in [4.78, 5) is 0. The molecule has 0 spiro atoms. The monoisotopic (exact) mass is 156 g/mol. The predicted molar refractivity (Wildman–Crippen MR) is 48.2 cm³/mol. The van der Waals surface area contributed by atoms with E-state index >= 15 is 0 Å². The topological polar surface area (TPSA) is 38.0 Å². The molecule has 1 aliphatic rings. The average Bonchev–Trinajstić information content (AvgIpc) is 2.12. The molecule has 0 aromatic carbocycles. The van der Waals surface area contributed by atoms with Crippen LogP contribution in [0.4, 0.5) is 0 Å². The van der Waals surface area contributed by atoms with Crippen LogP contribution in [-0.2, 0) is 0 Å². The Hall–Kier alpha value is -0.0800. The zero-order chi connectivity index (χ0) is 8.48. The van der Waals surface area contributed by atoms with Gasteiger partial charge >= 0.3 is 0 Å². The summed E-state index contributed by atoms with van der Waals surface area (Å²) < 4.78 is 0. The molecule has 2 atom stereocenters. The second-order valence-corrected chi connectivity index (χ2v) is 4.79. The highest BCUT2D eigenvalue weighted by Gasteiger charge is 2.27. The predicted octanol–water partition coefficient (Wildman–Crippen LogP) is 1.32. The number of hydrogen-bond acceptors (Lipinski definition) is 2. The summed E-state index contributed by atoms with van der Waals surface area (Å²) >= 11 is 0. The molecule has 1 fully saturated rings. The van der Waals surface area contributed by atoms with E-state index in [1.807, 2.05) is 0 Å². The van der Waals surface area contributed by atoms with Crippen molar-refractivity contribution in [2.24, 2.45) is 17.1 Å². The van der Waals surface area contributed by atoms with Crippen LogP contribution in [0.5, 0.6) is 0 Å². The summed E-state index contributed by atoms with van der Waals surface area (Å²) in [6.07, 6.45) is 2.73. The van der Waals surface area contributed by atoms with E-state index in [4.69, 9.17) is 5.73 Å². The summed E-state index contributed by atoms with van der Waals surface area (Å²) in [6, 6.07) is 0. The summed E-state index contributed by atoms with van der Waals surface area (Å²) in [5.41, 5.74) is 6.30. The second kappa shape index (κ2) is 3.11. The van der Waals surface area contributed by atoms with E-state index in [0.29, 0.717) is 11.3 Å². The lowest BCUT2D eigenvalue weighted by atomic mass is 9.83. The van der Waals surface area contributed by atoms with Crippen LogP contribution in [0.3, 0.4) is 0 Å². The molecule has 2 heteroatoms. The van der Waals surface area contributed by atoms with Crippen molar-refractivity contribution in [1.82, 2.24) is 5.32 Å². The maximum Gasteiger partial charge on any atom is 0.0576 e. The van der Waals surface area contributed by atoms with Gasteiger partial charge in [0, 0.05) is 0 Å². The van der Waals surface area contributed by atoms with Crippen LogP contribution in [-0.4, -0.2) is 12.7 Å². The third kappa shape index (κ3) is 2.80. The van der Waals surface area contributed by atoms with Gasteiger partial charge in [0.25, 0.3) is 0 Å². The van der Waals surface area contributed by atoms with Crippen molar-refractivity contribution >= 4 is 0 Å². The van der Waals surface area contributed by atoms with Crippen LogP contribution in [0, 0.1) is 11.3 Å². The van der Waals surface area contributed by atoms with Gasteiger partial charge in [-0.25, -0.2) is 0 Å². The third-order valence-electron chi connectivity index (χ3n) is 2.28. The fourth-order valence-electron chi connectivity index (χ4n) is 1.80. The minimum Gasteiger partial charge on any atom is -0.316 e. The van der Waals surface area contributed by atoms with Gasteiger partial charge in [-0.15, -0.1) is 0 Å². The third-order valence-corrected chi connectivity index (χ3v) is 2.28. The molecule has 1 aliphatic heterocycles. The zero-order valence-electron chi connectivity index (χ0n) is 7.85. The van der Waals surface area contributed by atoms with Gasteiger partial charge in [-0.1, -0.05) is 20.8 Å². The van der Waals surface area contributed by atoms with Crippen LogP contribution in [0.25, 0.3) is 0 Å². The molecule has 1 heterocycles. The maximum absolute atomic E-state index is 5.88. The quantitative estimate of drug-likeness (QED) is 0.601. The van der Waals surface area contributed by atoms with E-state index in [2.05, 4.69) is 26.1 Å². The molecular formula is C9H20N2. The Kier molecular flexibility index (Phi) is 2.55. The summed E-state index contributed by atoms with van der Waals surface area (Å²) in [7, 11) is 0. The molecule has 1 rings (SSSR count). The fraction of sp³-hybridized carbons (Fsp3) is 1.00. The number of hydrogen-bond donors (Lipinski definition) is 2. The molecule has 0 radical (unpaired) electrons. The first-order valence-electron chi connectivity index (χ1n) is 4.48. The minimum absolute atomic E-state index is 0.245. The molecule has 0 saturated carbocycles. The van der Waals surface area contributed by atoms with Gasteiger partial charge < -0.3 is 11.1 Å². The van der Waals surface area contributed by atoms with Gasteiger partial charge in [-0.2, -0.15) is 0 Å². The van der Waals surface area contributed by atoms with Crippen LogP contribution in [0.15, 0.2) is 0 Å². The number of nitrogens with one attached hydrogen (secondary N) is 1. The molecule has 0 amide bonds. The van der Waals surface area contributed by atoms with E-state index < -0.39 is 0 Å². The van der Waals surface area contributed by atoms with Crippen molar-refractivity contribution in [3.05, 3.63) is 0 Å². The first-order valence-corrected chi connectivity index (χ1v) is 4.48. The molecule has 1 saturated heterocycles. The SMILES string of the molecule is CC(C)(C)CC1CCNC1N. The van der Waals surface area contributed by atoms with Crippen molar-refractivity contribution in [1.29, 1.82) is 0 Å². The molecule has 3 N–H and O–H groups in total. The van der Waals surface area contributed by atoms with Crippen LogP contribution in [0.1, 0.15) is 33.6 Å². The molecular weight excluding hydrogens is 136 g/mol. The lowest BCUT2D eigenvalue weighted by Crippen LogP contribution is -2.37. The van der Waals surface area contributed by atoms with Gasteiger partial charge in [-0.05, 0) is 30.7 Å². The Morgan fingerprint density at radius 3 is 2.45 bits per heavy atom. The largest absolute Gasteiger partial charge is 0.316 e. The first kappa shape index (κ1) is 9.01. The first-order chi connectivity index (χ1) is 4.99. The number of nitrogens with two attached hydrogens (primary N) is 1. The average molecular weight is 156 g/mol. The van der Waals surface area contributed by atoms with Crippen LogP contribution in [0.2, 0.25) is 0 Å². The Morgan fingerprint density at radius 2 is 2.09 bits per heavy atom. The van der Waals surface area contributed by atoms with Crippen molar-refractivity contribution in [3.8, 4) is 0 Å². The maximum atomic E-state index is 5.88.